The third-order valence-corrected chi connectivity index (χ3v) is 6.60. The third kappa shape index (κ3) is 3.30. The van der Waals surface area contributed by atoms with Gasteiger partial charge in [0.1, 0.15) is 0 Å². The number of hydrogen-bond donors (Lipinski definition) is 1. The molecule has 0 aromatic rings. The van der Waals surface area contributed by atoms with Crippen LogP contribution in [0, 0.1) is 5.41 Å². The van der Waals surface area contributed by atoms with E-state index < -0.39 is 0 Å². The molecule has 1 N–H and O–H groups in total. The van der Waals surface area contributed by atoms with Crippen LogP contribution in [0.2, 0.25) is 0 Å². The SMILES string of the molecule is CCOC1CC(NC2CCCC(SC)C2)C1(C)CC. The fourth-order valence-electron chi connectivity index (χ4n) is 3.80. The molecule has 0 aromatic heterocycles. The quantitative estimate of drug-likeness (QED) is 0.801. The highest BCUT2D eigenvalue weighted by molar-refractivity contribution is 7.99. The number of thioether (sulfide) groups is 1. The lowest BCUT2D eigenvalue weighted by Crippen LogP contribution is -2.64. The molecule has 3 heteroatoms. The van der Waals surface area contributed by atoms with Gasteiger partial charge in [-0.2, -0.15) is 11.8 Å². The highest BCUT2D eigenvalue weighted by atomic mass is 32.2. The zero-order chi connectivity index (χ0) is 13.9. The molecule has 0 amide bonds. The molecule has 0 spiro atoms. The normalized spacial score (nSPS) is 42.9. The van der Waals surface area contributed by atoms with Crippen LogP contribution in [-0.4, -0.2) is 36.3 Å². The van der Waals surface area contributed by atoms with E-state index in [1.165, 1.54) is 38.5 Å². The maximum absolute atomic E-state index is 5.90. The smallest absolute Gasteiger partial charge is 0.0658 e. The van der Waals surface area contributed by atoms with Crippen LogP contribution < -0.4 is 5.32 Å². The molecule has 2 nitrogen and oxygen atoms in total. The first-order valence-corrected chi connectivity index (χ1v) is 9.33. The lowest BCUT2D eigenvalue weighted by Gasteiger charge is -2.55. The van der Waals surface area contributed by atoms with Gasteiger partial charge < -0.3 is 10.1 Å². The van der Waals surface area contributed by atoms with Gasteiger partial charge in [0.15, 0.2) is 0 Å². The van der Waals surface area contributed by atoms with Crippen molar-refractivity contribution in [2.45, 2.75) is 82.7 Å². The second-order valence-corrected chi connectivity index (χ2v) is 7.62. The van der Waals surface area contributed by atoms with Crippen LogP contribution in [0.1, 0.15) is 59.3 Å². The van der Waals surface area contributed by atoms with Crippen molar-refractivity contribution in [1.29, 1.82) is 0 Å². The first-order valence-electron chi connectivity index (χ1n) is 8.04. The van der Waals surface area contributed by atoms with Crippen molar-refractivity contribution >= 4 is 11.8 Å². The van der Waals surface area contributed by atoms with Crippen LogP contribution >= 0.6 is 11.8 Å². The predicted molar refractivity (Wildman–Crippen MR) is 84.9 cm³/mol. The summed E-state index contributed by atoms with van der Waals surface area (Å²) < 4.78 is 5.90. The van der Waals surface area contributed by atoms with Crippen molar-refractivity contribution in [3.8, 4) is 0 Å². The molecule has 19 heavy (non-hydrogen) atoms. The van der Waals surface area contributed by atoms with Gasteiger partial charge in [0.25, 0.3) is 0 Å². The van der Waals surface area contributed by atoms with Crippen molar-refractivity contribution in [2.75, 3.05) is 12.9 Å². The second kappa shape index (κ2) is 6.82. The molecule has 5 atom stereocenters. The molecular formula is C16H31NOS. The molecule has 0 radical (unpaired) electrons. The van der Waals surface area contributed by atoms with Crippen molar-refractivity contribution in [2.24, 2.45) is 5.41 Å². The molecule has 0 aliphatic heterocycles. The van der Waals surface area contributed by atoms with Crippen LogP contribution in [-0.2, 0) is 4.74 Å². The van der Waals surface area contributed by atoms with Crippen LogP contribution in [0.4, 0.5) is 0 Å². The molecule has 0 bridgehead atoms. The zero-order valence-electron chi connectivity index (χ0n) is 13.1. The van der Waals surface area contributed by atoms with E-state index in [-0.39, 0.29) is 0 Å². The minimum absolute atomic E-state index is 0.350. The number of hydrogen-bond acceptors (Lipinski definition) is 3. The average molecular weight is 285 g/mol. The van der Waals surface area contributed by atoms with Crippen LogP contribution in [0.25, 0.3) is 0 Å². The summed E-state index contributed by atoms with van der Waals surface area (Å²) in [6.07, 6.45) is 10.7. The van der Waals surface area contributed by atoms with Crippen molar-refractivity contribution < 1.29 is 4.74 Å². The molecule has 2 aliphatic carbocycles. The first-order chi connectivity index (χ1) is 9.13. The van der Waals surface area contributed by atoms with E-state index in [0.717, 1.165) is 17.9 Å². The molecule has 112 valence electrons. The van der Waals surface area contributed by atoms with Crippen molar-refractivity contribution in [1.82, 2.24) is 5.32 Å². The van der Waals surface area contributed by atoms with Gasteiger partial charge in [-0.15, -0.1) is 0 Å². The predicted octanol–water partition coefficient (Wildman–Crippen LogP) is 3.84. The molecule has 2 aliphatic rings. The summed E-state index contributed by atoms with van der Waals surface area (Å²) in [6.45, 7) is 7.68. The fraction of sp³-hybridized carbons (Fsp3) is 1.00. The van der Waals surface area contributed by atoms with E-state index in [2.05, 4.69) is 44.1 Å². The Bertz CT molecular complexity index is 286. The van der Waals surface area contributed by atoms with E-state index in [0.29, 0.717) is 17.6 Å². The van der Waals surface area contributed by atoms with Gasteiger partial charge >= 0.3 is 0 Å². The molecular weight excluding hydrogens is 254 g/mol. The molecule has 0 aromatic carbocycles. The largest absolute Gasteiger partial charge is 0.378 e. The number of nitrogens with one attached hydrogen (secondary N) is 1. The van der Waals surface area contributed by atoms with Crippen LogP contribution in [0.15, 0.2) is 0 Å². The molecule has 2 rings (SSSR count). The highest BCUT2D eigenvalue weighted by Gasteiger charge is 2.51. The summed E-state index contributed by atoms with van der Waals surface area (Å²) in [5.74, 6) is 0. The van der Waals surface area contributed by atoms with E-state index in [9.17, 15) is 0 Å². The molecule has 0 saturated heterocycles. The van der Waals surface area contributed by atoms with Gasteiger partial charge in [-0.1, -0.05) is 20.3 Å². The second-order valence-electron chi connectivity index (χ2n) is 6.48. The Kier molecular flexibility index (Phi) is 5.62. The standard InChI is InChI=1S/C16H31NOS/c1-5-16(3)14(11-15(16)18-6-2)17-12-8-7-9-13(10-12)19-4/h12-15,17H,5-11H2,1-4H3. The Hall–Kier alpha value is 0.270. The Labute approximate surface area is 123 Å². The minimum Gasteiger partial charge on any atom is -0.378 e. The van der Waals surface area contributed by atoms with Crippen LogP contribution in [0.3, 0.4) is 0 Å². The summed E-state index contributed by atoms with van der Waals surface area (Å²) in [5, 5.41) is 4.83. The maximum Gasteiger partial charge on any atom is 0.0658 e. The topological polar surface area (TPSA) is 21.3 Å². The highest BCUT2D eigenvalue weighted by Crippen LogP contribution is 2.46. The van der Waals surface area contributed by atoms with Gasteiger partial charge in [0.2, 0.25) is 0 Å². The van der Waals surface area contributed by atoms with Crippen LogP contribution in [0.5, 0.6) is 0 Å². The molecule has 5 unspecified atom stereocenters. The van der Waals surface area contributed by atoms with E-state index in [1.54, 1.807) is 0 Å². The lowest BCUT2D eigenvalue weighted by atomic mass is 9.61. The van der Waals surface area contributed by atoms with Crippen molar-refractivity contribution in [3.63, 3.8) is 0 Å². The minimum atomic E-state index is 0.350. The first kappa shape index (κ1) is 15.7. The summed E-state index contributed by atoms with van der Waals surface area (Å²) in [6, 6.07) is 1.41. The summed E-state index contributed by atoms with van der Waals surface area (Å²) in [4.78, 5) is 0. The number of ether oxygens (including phenoxy) is 1. The fourth-order valence-corrected chi connectivity index (χ4v) is 4.63. The average Bonchev–Trinajstić information content (AvgIpc) is 2.45. The molecule has 2 fully saturated rings. The number of rotatable bonds is 6. The van der Waals surface area contributed by atoms with Gasteiger partial charge in [-0.25, -0.2) is 0 Å². The maximum atomic E-state index is 5.90. The Balaban J connectivity index is 1.86. The molecule has 2 saturated carbocycles. The Morgan fingerprint density at radius 3 is 2.68 bits per heavy atom. The monoisotopic (exact) mass is 285 g/mol. The van der Waals surface area contributed by atoms with E-state index in [4.69, 9.17) is 4.74 Å². The summed E-state index contributed by atoms with van der Waals surface area (Å²) in [5.41, 5.74) is 0.350. The lowest BCUT2D eigenvalue weighted by molar-refractivity contribution is -0.128. The summed E-state index contributed by atoms with van der Waals surface area (Å²) in [7, 11) is 0. The third-order valence-electron chi connectivity index (χ3n) is 5.51. The van der Waals surface area contributed by atoms with Gasteiger partial charge in [-0.05, 0) is 45.3 Å². The molecule has 0 heterocycles. The van der Waals surface area contributed by atoms with E-state index >= 15 is 0 Å². The van der Waals surface area contributed by atoms with E-state index in [1.807, 2.05) is 0 Å². The van der Waals surface area contributed by atoms with Gasteiger partial charge in [0, 0.05) is 29.4 Å². The van der Waals surface area contributed by atoms with Gasteiger partial charge in [0.05, 0.1) is 6.10 Å². The Morgan fingerprint density at radius 2 is 2.05 bits per heavy atom. The Morgan fingerprint density at radius 1 is 1.26 bits per heavy atom. The zero-order valence-corrected chi connectivity index (χ0v) is 13.9. The van der Waals surface area contributed by atoms with Gasteiger partial charge in [-0.3, -0.25) is 0 Å². The van der Waals surface area contributed by atoms with Crippen molar-refractivity contribution in [3.05, 3.63) is 0 Å². The summed E-state index contributed by atoms with van der Waals surface area (Å²) >= 11 is 2.05.